The minimum Gasteiger partial charge on any atom is -0.477 e. The van der Waals surface area contributed by atoms with Gasteiger partial charge in [0.1, 0.15) is 13.2 Å². The minimum atomic E-state index is -1.51. The lowest BCUT2D eigenvalue weighted by molar-refractivity contribution is -0.870. The molecule has 0 amide bonds. The number of nitrogens with zero attached hydrogens (tertiary/aromatic N) is 1. The summed E-state index contributed by atoms with van der Waals surface area (Å²) in [7, 11) is 5.97. The second-order valence-corrected chi connectivity index (χ2v) is 21.3. The number of aliphatic carboxylic acids is 1. The summed E-state index contributed by atoms with van der Waals surface area (Å²) in [4.78, 5) is 37.4. The van der Waals surface area contributed by atoms with Gasteiger partial charge >= 0.3 is 17.9 Å². The van der Waals surface area contributed by atoms with E-state index in [1.54, 1.807) is 0 Å². The summed E-state index contributed by atoms with van der Waals surface area (Å²) < 4.78 is 22.9. The predicted octanol–water partition coefficient (Wildman–Crippen LogP) is 17.5. The number of carboxylic acids is 1. The van der Waals surface area contributed by atoms with Gasteiger partial charge in [0.2, 0.25) is 0 Å². The number of rotatable bonds is 55. The third-order valence-electron chi connectivity index (χ3n) is 13.1. The van der Waals surface area contributed by atoms with Crippen molar-refractivity contribution in [3.05, 3.63) is 48.6 Å². The van der Waals surface area contributed by atoms with Crippen molar-refractivity contribution < 1.29 is 42.9 Å². The molecule has 1 N–H and O–H groups in total. The van der Waals surface area contributed by atoms with Crippen LogP contribution >= 0.6 is 0 Å². The smallest absolute Gasteiger partial charge is 0.361 e. The van der Waals surface area contributed by atoms with E-state index in [1.807, 2.05) is 21.1 Å². The first-order valence-corrected chi connectivity index (χ1v) is 29.8. The van der Waals surface area contributed by atoms with Gasteiger partial charge in [0, 0.05) is 12.8 Å². The molecule has 0 radical (unpaired) electrons. The van der Waals surface area contributed by atoms with Crippen LogP contribution in [0.1, 0.15) is 271 Å². The highest BCUT2D eigenvalue weighted by molar-refractivity contribution is 5.71. The van der Waals surface area contributed by atoms with Gasteiger partial charge in [-0.2, -0.15) is 0 Å². The van der Waals surface area contributed by atoms with Crippen LogP contribution in [0.15, 0.2) is 48.6 Å². The van der Waals surface area contributed by atoms with Gasteiger partial charge in [0.25, 0.3) is 6.29 Å². The summed E-state index contributed by atoms with van der Waals surface area (Å²) in [5, 5.41) is 9.71. The fourth-order valence-corrected chi connectivity index (χ4v) is 8.43. The van der Waals surface area contributed by atoms with Gasteiger partial charge in [0.05, 0.1) is 34.4 Å². The molecule has 0 spiro atoms. The Morgan fingerprint density at radius 3 is 1.14 bits per heavy atom. The summed E-state index contributed by atoms with van der Waals surface area (Å²) in [5.74, 6) is -2.00. The van der Waals surface area contributed by atoms with Crippen LogP contribution in [-0.4, -0.2) is 87.4 Å². The van der Waals surface area contributed by atoms with Crippen molar-refractivity contribution in [2.24, 2.45) is 0 Å². The van der Waals surface area contributed by atoms with Gasteiger partial charge in [0.15, 0.2) is 6.10 Å². The Hall–Kier alpha value is -2.75. The van der Waals surface area contributed by atoms with Crippen molar-refractivity contribution in [2.45, 2.75) is 283 Å². The largest absolute Gasteiger partial charge is 0.477 e. The van der Waals surface area contributed by atoms with Crippen LogP contribution in [0, 0.1) is 0 Å². The summed E-state index contributed by atoms with van der Waals surface area (Å²) in [6, 6.07) is 0. The molecule has 0 fully saturated rings. The van der Waals surface area contributed by atoms with E-state index in [2.05, 4.69) is 62.5 Å². The van der Waals surface area contributed by atoms with Crippen LogP contribution in [0.25, 0.3) is 0 Å². The zero-order valence-corrected chi connectivity index (χ0v) is 47.1. The van der Waals surface area contributed by atoms with Crippen molar-refractivity contribution in [3.63, 3.8) is 0 Å². The lowest BCUT2D eigenvalue weighted by atomic mass is 10.0. The fourth-order valence-electron chi connectivity index (χ4n) is 8.43. The lowest BCUT2D eigenvalue weighted by Crippen LogP contribution is -2.40. The number of ether oxygens (including phenoxy) is 4. The Morgan fingerprint density at radius 1 is 0.423 bits per heavy atom. The average molecular weight is 1000 g/mol. The lowest BCUT2D eigenvalue weighted by Gasteiger charge is -2.25. The third kappa shape index (κ3) is 54.9. The Bertz CT molecular complexity index is 1300. The second-order valence-electron chi connectivity index (χ2n) is 21.3. The zero-order valence-electron chi connectivity index (χ0n) is 47.1. The molecule has 9 nitrogen and oxygen atoms in total. The number of hydrogen-bond donors (Lipinski definition) is 1. The van der Waals surface area contributed by atoms with E-state index in [1.165, 1.54) is 193 Å². The van der Waals surface area contributed by atoms with E-state index in [4.69, 9.17) is 18.9 Å². The molecule has 2 unspecified atom stereocenters. The van der Waals surface area contributed by atoms with Gasteiger partial charge in [-0.05, 0) is 77.0 Å². The number of hydrogen-bond acceptors (Lipinski definition) is 7. The maximum absolute atomic E-state index is 12.9. The quantitative estimate of drug-likeness (QED) is 0.0211. The molecule has 2 atom stereocenters. The second kappa shape index (κ2) is 53.5. The Morgan fingerprint density at radius 2 is 0.761 bits per heavy atom. The van der Waals surface area contributed by atoms with Crippen LogP contribution in [0.2, 0.25) is 0 Å². The molecule has 0 aliphatic heterocycles. The van der Waals surface area contributed by atoms with E-state index in [-0.39, 0.29) is 32.2 Å². The standard InChI is InChI=1S/C62H113NO8/c1-6-8-10-12-14-16-18-20-22-24-26-27-28-29-30-31-32-33-35-37-39-41-43-45-47-49-51-53-60(65)71-58(57-70-62(61(66)67)68-55-54-63(3,4)5)56-69-59(64)52-50-48-46-44-42-40-38-36-34-25-23-21-19-17-15-13-11-9-7-2/h18,20-21,23-24,26,28-29,58,62H,6-17,19,22,25,27,30-57H2,1-5H3/p+1/b20-18-,23-21-,26-24-,29-28-. The molecule has 0 heterocycles. The van der Waals surface area contributed by atoms with Crippen LogP contribution in [0.5, 0.6) is 0 Å². The molecular formula is C62H114NO8+. The molecule has 0 aliphatic rings. The fraction of sp³-hybridized carbons (Fsp3) is 0.823. The molecule has 0 bridgehead atoms. The van der Waals surface area contributed by atoms with Crippen LogP contribution < -0.4 is 0 Å². The highest BCUT2D eigenvalue weighted by Crippen LogP contribution is 2.16. The Labute approximate surface area is 438 Å². The SMILES string of the molecule is CCCCCCC/C=C\C/C=C\C/C=C\CCCCCCCCCCCCCCC(=O)OC(COC(=O)CCCCCCCCCCC/C=C\CCCCCCCC)COC(OCC[N+](C)(C)C)C(=O)O. The molecule has 0 aromatic rings. The molecule has 0 rings (SSSR count). The highest BCUT2D eigenvalue weighted by atomic mass is 16.7. The number of carbonyl (C=O) groups excluding carboxylic acids is 2. The van der Waals surface area contributed by atoms with E-state index in [0.29, 0.717) is 17.4 Å². The number of allylic oxidation sites excluding steroid dienone is 8. The zero-order chi connectivity index (χ0) is 52.0. The summed E-state index contributed by atoms with van der Waals surface area (Å²) in [5.41, 5.74) is 0. The summed E-state index contributed by atoms with van der Waals surface area (Å²) in [6.45, 7) is 4.89. The highest BCUT2D eigenvalue weighted by Gasteiger charge is 2.25. The van der Waals surface area contributed by atoms with Crippen LogP contribution in [-0.2, 0) is 33.3 Å². The molecule has 414 valence electrons. The normalized spacial score (nSPS) is 13.1. The Balaban J connectivity index is 4.22. The number of quaternary nitrogens is 1. The van der Waals surface area contributed by atoms with Crippen molar-refractivity contribution in [1.29, 1.82) is 0 Å². The number of carbonyl (C=O) groups is 3. The number of unbranched alkanes of at least 4 members (excludes halogenated alkanes) is 32. The maximum Gasteiger partial charge on any atom is 0.361 e. The molecule has 0 saturated carbocycles. The average Bonchev–Trinajstić information content (AvgIpc) is 3.34. The molecule has 0 saturated heterocycles. The molecular weight excluding hydrogens is 887 g/mol. The topological polar surface area (TPSA) is 108 Å². The Kier molecular flexibility index (Phi) is 51.5. The number of esters is 2. The van der Waals surface area contributed by atoms with Gasteiger partial charge in [-0.25, -0.2) is 4.79 Å². The summed E-state index contributed by atoms with van der Waals surface area (Å²) in [6.07, 6.45) is 63.3. The van der Waals surface area contributed by atoms with E-state index in [9.17, 15) is 19.5 Å². The van der Waals surface area contributed by atoms with Crippen molar-refractivity contribution in [3.8, 4) is 0 Å². The molecule has 0 aromatic carbocycles. The van der Waals surface area contributed by atoms with Gasteiger partial charge in [-0.15, -0.1) is 0 Å². The number of likely N-dealkylation sites (N-methyl/N-ethyl adjacent to an activating group) is 1. The summed E-state index contributed by atoms with van der Waals surface area (Å²) >= 11 is 0. The van der Waals surface area contributed by atoms with Crippen LogP contribution in [0.4, 0.5) is 0 Å². The van der Waals surface area contributed by atoms with Crippen molar-refractivity contribution in [2.75, 3.05) is 47.5 Å². The molecule has 0 aliphatic carbocycles. The van der Waals surface area contributed by atoms with Gasteiger partial charge in [-0.3, -0.25) is 9.59 Å². The van der Waals surface area contributed by atoms with Crippen LogP contribution in [0.3, 0.4) is 0 Å². The monoisotopic (exact) mass is 1000 g/mol. The minimum absolute atomic E-state index is 0.182. The van der Waals surface area contributed by atoms with E-state index >= 15 is 0 Å². The first-order valence-electron chi connectivity index (χ1n) is 29.8. The first kappa shape index (κ1) is 68.2. The number of carboxylic acid groups (broad SMARTS) is 1. The van der Waals surface area contributed by atoms with E-state index in [0.717, 1.165) is 51.4 Å². The van der Waals surface area contributed by atoms with Gasteiger partial charge in [-0.1, -0.05) is 229 Å². The predicted molar refractivity (Wildman–Crippen MR) is 300 cm³/mol. The van der Waals surface area contributed by atoms with Gasteiger partial charge < -0.3 is 28.5 Å². The van der Waals surface area contributed by atoms with Crippen molar-refractivity contribution in [1.82, 2.24) is 0 Å². The molecule has 0 aromatic heterocycles. The molecule has 9 heteroatoms. The molecule has 71 heavy (non-hydrogen) atoms. The van der Waals surface area contributed by atoms with E-state index < -0.39 is 24.3 Å². The maximum atomic E-state index is 12.9. The first-order chi connectivity index (χ1) is 34.6. The van der Waals surface area contributed by atoms with Crippen molar-refractivity contribution >= 4 is 17.9 Å². The third-order valence-corrected chi connectivity index (χ3v) is 13.1.